The predicted molar refractivity (Wildman–Crippen MR) is 165 cm³/mol. The summed E-state index contributed by atoms with van der Waals surface area (Å²) in [5.74, 6) is 0.920. The summed E-state index contributed by atoms with van der Waals surface area (Å²) < 4.78 is 40.1. The molecule has 2 aromatic heterocycles. The second-order valence-electron chi connectivity index (χ2n) is 12.9. The van der Waals surface area contributed by atoms with Crippen LogP contribution in [0.4, 0.5) is 4.39 Å². The van der Waals surface area contributed by atoms with Gasteiger partial charge in [-0.15, -0.1) is 0 Å². The van der Waals surface area contributed by atoms with Gasteiger partial charge in [-0.25, -0.2) is 19.2 Å². The van der Waals surface area contributed by atoms with E-state index in [1.54, 1.807) is 30.3 Å². The molecule has 0 saturated carbocycles. The monoisotopic (exact) mass is 628 g/mol. The smallest absolute Gasteiger partial charge is 0.335 e. The Kier molecular flexibility index (Phi) is 7.93. The van der Waals surface area contributed by atoms with E-state index in [0.29, 0.717) is 51.0 Å². The van der Waals surface area contributed by atoms with Crippen LogP contribution in [0.3, 0.4) is 0 Å². The molecule has 6 heterocycles. The number of rotatable bonds is 9. The number of nitrogens with zero attached hydrogens (tertiary/aromatic N) is 4. The number of ether oxygens (including phenoxy) is 4. The summed E-state index contributed by atoms with van der Waals surface area (Å²) in [7, 11) is 0. The van der Waals surface area contributed by atoms with Gasteiger partial charge in [0, 0.05) is 42.5 Å². The highest BCUT2D eigenvalue weighted by Crippen LogP contribution is 2.38. The van der Waals surface area contributed by atoms with Gasteiger partial charge >= 0.3 is 5.97 Å². The van der Waals surface area contributed by atoms with Crippen molar-refractivity contribution < 1.29 is 33.2 Å². The third-order valence-electron chi connectivity index (χ3n) is 9.93. The van der Waals surface area contributed by atoms with Crippen LogP contribution in [0.5, 0.6) is 5.88 Å². The first-order valence-corrected chi connectivity index (χ1v) is 16.1. The summed E-state index contributed by atoms with van der Waals surface area (Å²) in [6.45, 7) is 6.27. The third kappa shape index (κ3) is 5.77. The lowest BCUT2D eigenvalue weighted by molar-refractivity contribution is -0.0592. The van der Waals surface area contributed by atoms with Crippen LogP contribution in [0, 0.1) is 11.7 Å². The van der Waals surface area contributed by atoms with Crippen LogP contribution in [-0.4, -0.2) is 76.1 Å². The predicted octanol–water partition coefficient (Wildman–Crippen LogP) is 4.89. The standard InChI is InChI=1S/C35H37FN4O6/c36-29-11-21(26-18-44-19-26)1-2-23(29)20-46-33-6-4-24-16-43-17-25-13-39(9-7-28(25)34(24)38-33)15-32-37-30-5-3-22(35(41)42)12-31(30)40(32)14-27-8-10-45-27/h1-6,11-12,25-28H,7-10,13-20H2,(H,41,42)/t25-,27+,28-/m1/s1. The van der Waals surface area contributed by atoms with Crippen molar-refractivity contribution in [3.05, 3.63) is 88.1 Å². The van der Waals surface area contributed by atoms with Crippen molar-refractivity contribution in [2.45, 2.75) is 57.1 Å². The molecular formula is C35H37FN4O6. The highest BCUT2D eigenvalue weighted by atomic mass is 19.1. The van der Waals surface area contributed by atoms with Crippen molar-refractivity contribution in [1.82, 2.24) is 19.4 Å². The average molecular weight is 629 g/mol. The van der Waals surface area contributed by atoms with Gasteiger partial charge in [-0.3, -0.25) is 4.90 Å². The van der Waals surface area contributed by atoms with Crippen LogP contribution in [-0.2, 0) is 40.5 Å². The topological polar surface area (TPSA) is 108 Å². The van der Waals surface area contributed by atoms with Crippen LogP contribution in [0.2, 0.25) is 0 Å². The van der Waals surface area contributed by atoms with Crippen molar-refractivity contribution in [2.75, 3.05) is 39.5 Å². The molecule has 1 N–H and O–H groups in total. The highest BCUT2D eigenvalue weighted by Gasteiger charge is 2.36. The van der Waals surface area contributed by atoms with E-state index in [4.69, 9.17) is 28.9 Å². The zero-order valence-electron chi connectivity index (χ0n) is 25.6. The molecule has 0 unspecified atom stereocenters. The number of carbonyl (C=O) groups is 1. The summed E-state index contributed by atoms with van der Waals surface area (Å²) in [5.41, 5.74) is 5.42. The number of halogens is 1. The van der Waals surface area contributed by atoms with Crippen molar-refractivity contribution >= 4 is 17.0 Å². The lowest BCUT2D eigenvalue weighted by Gasteiger charge is -2.37. The second kappa shape index (κ2) is 12.4. The quantitative estimate of drug-likeness (QED) is 0.277. The fraction of sp³-hybridized carbons (Fsp3) is 0.457. The minimum absolute atomic E-state index is 0.109. The molecule has 10 nitrogen and oxygen atoms in total. The number of benzene rings is 2. The third-order valence-corrected chi connectivity index (χ3v) is 9.93. The summed E-state index contributed by atoms with van der Waals surface area (Å²) in [6.07, 6.45) is 2.01. The minimum Gasteiger partial charge on any atom is -0.478 e. The number of carboxylic acid groups (broad SMARTS) is 1. The molecule has 3 fully saturated rings. The number of imidazole rings is 1. The first-order chi connectivity index (χ1) is 22.5. The Labute approximate surface area is 266 Å². The molecule has 3 atom stereocenters. The molecule has 4 aliphatic heterocycles. The number of aromatic nitrogens is 3. The SMILES string of the molecule is O=C(O)c1ccc2nc(CN3CC[C@H]4c5nc(OCc6ccc(C7COC7)cc6F)ccc5COC[C@H]4C3)n(C[C@@H]3CCO3)c2c1. The van der Waals surface area contributed by atoms with E-state index in [9.17, 15) is 14.3 Å². The highest BCUT2D eigenvalue weighted by molar-refractivity contribution is 5.92. The van der Waals surface area contributed by atoms with Gasteiger partial charge in [0.25, 0.3) is 0 Å². The van der Waals surface area contributed by atoms with Crippen molar-refractivity contribution in [1.29, 1.82) is 0 Å². The molecule has 0 amide bonds. The molecule has 4 aliphatic rings. The first-order valence-electron chi connectivity index (χ1n) is 16.1. The second-order valence-corrected chi connectivity index (χ2v) is 12.9. The van der Waals surface area contributed by atoms with E-state index in [2.05, 4.69) is 9.47 Å². The number of hydrogen-bond acceptors (Lipinski definition) is 8. The molecule has 4 aromatic rings. The molecule has 0 spiro atoms. The number of piperidine rings is 1. The number of carboxylic acids is 1. The maximum absolute atomic E-state index is 14.8. The van der Waals surface area contributed by atoms with E-state index in [0.717, 1.165) is 66.2 Å². The number of hydrogen-bond donors (Lipinski definition) is 1. The molecule has 0 bridgehead atoms. The van der Waals surface area contributed by atoms with E-state index in [-0.39, 0.29) is 41.8 Å². The van der Waals surface area contributed by atoms with Gasteiger partial charge in [0.1, 0.15) is 18.2 Å². The van der Waals surface area contributed by atoms with E-state index in [1.165, 1.54) is 0 Å². The molecule has 8 rings (SSSR count). The largest absolute Gasteiger partial charge is 0.478 e. The lowest BCUT2D eigenvalue weighted by atomic mass is 9.82. The molecule has 46 heavy (non-hydrogen) atoms. The Hall–Kier alpha value is -3.90. The molecular weight excluding hydrogens is 591 g/mol. The van der Waals surface area contributed by atoms with E-state index >= 15 is 0 Å². The number of aromatic carboxylic acids is 1. The fourth-order valence-electron chi connectivity index (χ4n) is 7.09. The lowest BCUT2D eigenvalue weighted by Crippen LogP contribution is -2.41. The molecule has 11 heteroatoms. The maximum Gasteiger partial charge on any atom is 0.335 e. The number of fused-ring (bicyclic) bond motifs is 4. The van der Waals surface area contributed by atoms with E-state index < -0.39 is 5.97 Å². The minimum atomic E-state index is -0.949. The van der Waals surface area contributed by atoms with Crippen LogP contribution >= 0.6 is 0 Å². The number of pyridine rings is 1. The molecule has 0 radical (unpaired) electrons. The van der Waals surface area contributed by atoms with E-state index in [1.807, 2.05) is 18.2 Å². The van der Waals surface area contributed by atoms with Gasteiger partial charge in [0.05, 0.1) is 67.9 Å². The van der Waals surface area contributed by atoms with Crippen LogP contribution in [0.25, 0.3) is 11.0 Å². The zero-order chi connectivity index (χ0) is 31.2. The van der Waals surface area contributed by atoms with Crippen molar-refractivity contribution in [2.24, 2.45) is 5.92 Å². The summed E-state index contributed by atoms with van der Waals surface area (Å²) in [5, 5.41) is 9.58. The normalized spacial score (nSPS) is 23.2. The molecule has 0 aliphatic carbocycles. The fourth-order valence-corrected chi connectivity index (χ4v) is 7.09. The van der Waals surface area contributed by atoms with Crippen molar-refractivity contribution in [3.63, 3.8) is 0 Å². The van der Waals surface area contributed by atoms with Gasteiger partial charge in [-0.05, 0) is 60.8 Å². The Bertz CT molecular complexity index is 1770. The van der Waals surface area contributed by atoms with Gasteiger partial charge in [-0.1, -0.05) is 12.1 Å². The Morgan fingerprint density at radius 1 is 1.04 bits per heavy atom. The van der Waals surface area contributed by atoms with Crippen molar-refractivity contribution in [3.8, 4) is 5.88 Å². The van der Waals surface area contributed by atoms with Gasteiger partial charge < -0.3 is 28.6 Å². The van der Waals surface area contributed by atoms with Gasteiger partial charge in [0.15, 0.2) is 0 Å². The Balaban J connectivity index is 0.973. The van der Waals surface area contributed by atoms with Crippen LogP contribution < -0.4 is 4.74 Å². The molecule has 240 valence electrons. The molecule has 2 aromatic carbocycles. The van der Waals surface area contributed by atoms with Gasteiger partial charge in [0.2, 0.25) is 5.88 Å². The molecule has 3 saturated heterocycles. The summed E-state index contributed by atoms with van der Waals surface area (Å²) in [4.78, 5) is 24.0. The van der Waals surface area contributed by atoms with Gasteiger partial charge in [-0.2, -0.15) is 0 Å². The van der Waals surface area contributed by atoms with Crippen LogP contribution in [0.15, 0.2) is 48.5 Å². The summed E-state index contributed by atoms with van der Waals surface area (Å²) in [6, 6.07) is 14.3. The maximum atomic E-state index is 14.8. The zero-order valence-corrected chi connectivity index (χ0v) is 25.6. The first kappa shape index (κ1) is 29.5. The summed E-state index contributed by atoms with van der Waals surface area (Å²) >= 11 is 0. The number of likely N-dealkylation sites (tertiary alicyclic amines) is 1. The average Bonchev–Trinajstić information content (AvgIpc) is 3.22. The van der Waals surface area contributed by atoms with Crippen LogP contribution in [0.1, 0.15) is 63.2 Å². The Morgan fingerprint density at radius 2 is 1.93 bits per heavy atom. The Morgan fingerprint density at radius 3 is 2.70 bits per heavy atom.